The zero-order valence-electron chi connectivity index (χ0n) is 14.8. The zero-order chi connectivity index (χ0) is 21.6. The van der Waals surface area contributed by atoms with E-state index in [1.807, 2.05) is 28.7 Å². The maximum atomic E-state index is 13.7. The highest BCUT2D eigenvalue weighted by atomic mass is 127. The molecule has 1 N–H and O–H groups in total. The number of esters is 2. The predicted molar refractivity (Wildman–Crippen MR) is 121 cm³/mol. The molecular formula is C17H17F2I3O6. The molecule has 0 saturated heterocycles. The second-order valence-electron chi connectivity index (χ2n) is 6.07. The lowest BCUT2D eigenvalue weighted by Gasteiger charge is -2.26. The molecule has 11 heteroatoms. The van der Waals surface area contributed by atoms with Gasteiger partial charge in [-0.25, -0.2) is 9.59 Å². The number of rotatable bonds is 9. The largest absolute Gasteiger partial charge is 0.477 e. The Kier molecular flexibility index (Phi) is 10.3. The van der Waals surface area contributed by atoms with Gasteiger partial charge in [0.15, 0.2) is 6.10 Å². The molecule has 0 fully saturated rings. The van der Waals surface area contributed by atoms with E-state index in [2.05, 4.69) is 49.9 Å². The molecule has 0 amide bonds. The Balaban J connectivity index is 2.56. The Morgan fingerprint density at radius 1 is 1.18 bits per heavy atom. The molecule has 28 heavy (non-hydrogen) atoms. The fraction of sp³-hybridized carbons (Fsp3) is 0.471. The molecule has 156 valence electrons. The number of benzene rings is 1. The quantitative estimate of drug-likeness (QED) is 0.171. The molecular weight excluding hydrogens is 719 g/mol. The van der Waals surface area contributed by atoms with Gasteiger partial charge in [0, 0.05) is 17.1 Å². The number of carbonyl (C=O) groups excluding carboxylic acids is 2. The Labute approximate surface area is 201 Å². The van der Waals surface area contributed by atoms with Crippen LogP contribution in [0, 0.1) is 16.6 Å². The second kappa shape index (κ2) is 11.2. The summed E-state index contributed by atoms with van der Waals surface area (Å²) in [6.07, 6.45) is -2.30. The lowest BCUT2D eigenvalue weighted by Crippen LogP contribution is -2.47. The molecule has 0 aliphatic heterocycles. The van der Waals surface area contributed by atoms with Crippen LogP contribution in [0.15, 0.2) is 12.1 Å². The molecule has 0 spiro atoms. The summed E-state index contributed by atoms with van der Waals surface area (Å²) in [6.45, 7) is 2.56. The van der Waals surface area contributed by atoms with E-state index in [9.17, 15) is 23.2 Å². The van der Waals surface area contributed by atoms with Gasteiger partial charge in [0.1, 0.15) is 0 Å². The molecule has 0 heterocycles. The Hall–Kier alpha value is -0.320. The van der Waals surface area contributed by atoms with Crippen LogP contribution >= 0.6 is 67.8 Å². The Bertz CT molecular complexity index is 755. The Morgan fingerprint density at radius 3 is 2.32 bits per heavy atom. The normalized spacial score (nSPS) is 12.6. The van der Waals surface area contributed by atoms with E-state index in [0.717, 1.165) is 10.7 Å². The maximum Gasteiger partial charge on any atom is 0.378 e. The third kappa shape index (κ3) is 7.18. The molecule has 0 bridgehead atoms. The summed E-state index contributed by atoms with van der Waals surface area (Å²) in [7, 11) is 0. The van der Waals surface area contributed by atoms with Gasteiger partial charge in [0.25, 0.3) is 0 Å². The van der Waals surface area contributed by atoms with Crippen LogP contribution in [0.4, 0.5) is 8.78 Å². The van der Waals surface area contributed by atoms with Crippen LogP contribution in [-0.4, -0.2) is 41.6 Å². The lowest BCUT2D eigenvalue weighted by atomic mass is 10.0. The van der Waals surface area contributed by atoms with E-state index in [1.165, 1.54) is 13.8 Å². The van der Waals surface area contributed by atoms with Crippen molar-refractivity contribution in [3.8, 4) is 0 Å². The van der Waals surface area contributed by atoms with E-state index < -0.39 is 35.9 Å². The summed E-state index contributed by atoms with van der Waals surface area (Å²) in [6, 6.07) is 3.59. The first-order chi connectivity index (χ1) is 12.9. The van der Waals surface area contributed by atoms with Crippen molar-refractivity contribution in [1.82, 2.24) is 0 Å². The van der Waals surface area contributed by atoms with Gasteiger partial charge in [0.2, 0.25) is 0 Å². The lowest BCUT2D eigenvalue weighted by molar-refractivity contribution is -0.199. The van der Waals surface area contributed by atoms with Crippen LogP contribution in [0.2, 0.25) is 0 Å². The Morgan fingerprint density at radius 2 is 1.79 bits per heavy atom. The molecule has 1 atom stereocenters. The van der Waals surface area contributed by atoms with E-state index in [1.54, 1.807) is 6.07 Å². The summed E-state index contributed by atoms with van der Waals surface area (Å²) < 4.78 is 39.6. The minimum Gasteiger partial charge on any atom is -0.477 e. The molecule has 1 rings (SSSR count). The first-order valence-electron chi connectivity index (χ1n) is 8.00. The molecule has 0 saturated carbocycles. The SMILES string of the molecule is CC(C)C(OC(=O)CCCOC(=O)c1cc(I)cc(I)c1I)C(F)(F)C(=O)O. The number of hydrogen-bond acceptors (Lipinski definition) is 5. The van der Waals surface area contributed by atoms with Crippen molar-refractivity contribution in [2.45, 2.75) is 38.7 Å². The van der Waals surface area contributed by atoms with Gasteiger partial charge in [-0.05, 0) is 92.2 Å². The van der Waals surface area contributed by atoms with E-state index >= 15 is 0 Å². The average Bonchev–Trinajstić information content (AvgIpc) is 2.58. The topological polar surface area (TPSA) is 89.9 Å². The highest BCUT2D eigenvalue weighted by molar-refractivity contribution is 14.1. The first kappa shape index (κ1) is 25.7. The van der Waals surface area contributed by atoms with Crippen molar-refractivity contribution in [3.63, 3.8) is 0 Å². The van der Waals surface area contributed by atoms with Crippen molar-refractivity contribution in [1.29, 1.82) is 0 Å². The van der Waals surface area contributed by atoms with Gasteiger partial charge in [-0.1, -0.05) is 13.8 Å². The molecule has 1 aromatic carbocycles. The predicted octanol–water partition coefficient (Wildman–Crippen LogP) is 4.73. The van der Waals surface area contributed by atoms with Gasteiger partial charge in [-0.2, -0.15) is 8.78 Å². The first-order valence-corrected chi connectivity index (χ1v) is 11.2. The molecule has 1 aromatic rings. The number of aliphatic carboxylic acids is 1. The number of carbonyl (C=O) groups is 3. The summed E-state index contributed by atoms with van der Waals surface area (Å²) in [5.74, 6) is -8.96. The molecule has 6 nitrogen and oxygen atoms in total. The summed E-state index contributed by atoms with van der Waals surface area (Å²) in [5, 5.41) is 8.62. The third-order valence-electron chi connectivity index (χ3n) is 3.48. The molecule has 0 aromatic heterocycles. The minimum atomic E-state index is -4.19. The smallest absolute Gasteiger partial charge is 0.378 e. The van der Waals surface area contributed by atoms with Gasteiger partial charge < -0.3 is 14.6 Å². The van der Waals surface area contributed by atoms with Crippen molar-refractivity contribution in [2.75, 3.05) is 6.61 Å². The zero-order valence-corrected chi connectivity index (χ0v) is 21.3. The number of carboxylic acid groups (broad SMARTS) is 1. The second-order valence-corrected chi connectivity index (χ2v) is 9.56. The van der Waals surface area contributed by atoms with Crippen molar-refractivity contribution in [3.05, 3.63) is 28.4 Å². The van der Waals surface area contributed by atoms with Crippen LogP contribution in [0.3, 0.4) is 0 Å². The summed E-state index contributed by atoms with van der Waals surface area (Å²) in [4.78, 5) is 34.7. The average molecular weight is 736 g/mol. The van der Waals surface area contributed by atoms with Crippen LogP contribution in [0.5, 0.6) is 0 Å². The number of alkyl halides is 2. The number of halogens is 5. The molecule has 0 aliphatic rings. The highest BCUT2D eigenvalue weighted by Crippen LogP contribution is 2.28. The van der Waals surface area contributed by atoms with Crippen LogP contribution in [-0.2, 0) is 19.1 Å². The van der Waals surface area contributed by atoms with Crippen molar-refractivity contribution < 1.29 is 37.7 Å². The molecule has 0 radical (unpaired) electrons. The molecule has 0 aliphatic carbocycles. The van der Waals surface area contributed by atoms with Crippen molar-refractivity contribution >= 4 is 85.7 Å². The number of carboxylic acids is 1. The summed E-state index contributed by atoms with van der Waals surface area (Å²) >= 11 is 6.22. The maximum absolute atomic E-state index is 13.7. The fourth-order valence-corrected chi connectivity index (χ4v) is 4.49. The van der Waals surface area contributed by atoms with Gasteiger partial charge in [-0.15, -0.1) is 0 Å². The van der Waals surface area contributed by atoms with Gasteiger partial charge in [-0.3, -0.25) is 4.79 Å². The number of ether oxygens (including phenoxy) is 2. The van der Waals surface area contributed by atoms with Crippen LogP contribution in [0.25, 0.3) is 0 Å². The van der Waals surface area contributed by atoms with E-state index in [-0.39, 0.29) is 19.4 Å². The van der Waals surface area contributed by atoms with Gasteiger partial charge in [0.05, 0.1) is 12.2 Å². The van der Waals surface area contributed by atoms with Crippen molar-refractivity contribution in [2.24, 2.45) is 5.92 Å². The number of hydrogen-bond donors (Lipinski definition) is 1. The summed E-state index contributed by atoms with van der Waals surface area (Å²) in [5.41, 5.74) is 0.403. The van der Waals surface area contributed by atoms with Crippen LogP contribution in [0.1, 0.15) is 37.0 Å². The third-order valence-corrected chi connectivity index (χ3v) is 7.15. The molecule has 1 unspecified atom stereocenters. The van der Waals surface area contributed by atoms with Crippen LogP contribution < -0.4 is 0 Å². The highest BCUT2D eigenvalue weighted by Gasteiger charge is 2.51. The minimum absolute atomic E-state index is 0.0611. The van der Waals surface area contributed by atoms with Gasteiger partial charge >= 0.3 is 23.8 Å². The van der Waals surface area contributed by atoms with E-state index in [4.69, 9.17) is 9.84 Å². The monoisotopic (exact) mass is 736 g/mol. The van der Waals surface area contributed by atoms with E-state index in [0.29, 0.717) is 5.56 Å². The fourth-order valence-electron chi connectivity index (χ4n) is 2.11. The standard InChI is InChI=1S/C17H17F2I3O6/c1-8(2)14(17(18,19)16(25)26)28-12(23)4-3-5-27-15(24)10-6-9(20)7-11(21)13(10)22/h6-8,14H,3-5H2,1-2H3,(H,25,26).